The molecule has 1 aromatic carbocycles. The molecular formula is C22H30N2O4S. The number of anilines is 1. The quantitative estimate of drug-likeness (QED) is 0.717. The zero-order valence-electron chi connectivity index (χ0n) is 17.3. The molecular weight excluding hydrogens is 388 g/mol. The third-order valence-corrected chi connectivity index (χ3v) is 7.11. The highest BCUT2D eigenvalue weighted by Crippen LogP contribution is 2.35. The minimum Gasteiger partial charge on any atom is -0.452 e. The van der Waals surface area contributed by atoms with Crippen LogP contribution < -0.4 is 10.2 Å². The van der Waals surface area contributed by atoms with Gasteiger partial charge in [0, 0.05) is 17.5 Å². The molecule has 0 spiro atoms. The molecule has 4 atom stereocenters. The molecule has 0 bridgehead atoms. The molecule has 1 N–H and O–H groups in total. The van der Waals surface area contributed by atoms with Gasteiger partial charge in [-0.15, -0.1) is 11.8 Å². The highest BCUT2D eigenvalue weighted by molar-refractivity contribution is 8.00. The van der Waals surface area contributed by atoms with Crippen molar-refractivity contribution < 1.29 is 19.1 Å². The summed E-state index contributed by atoms with van der Waals surface area (Å²) < 4.78 is 5.34. The lowest BCUT2D eigenvalue weighted by Crippen LogP contribution is -2.47. The van der Waals surface area contributed by atoms with Crippen LogP contribution in [0.3, 0.4) is 0 Å². The predicted molar refractivity (Wildman–Crippen MR) is 114 cm³/mol. The van der Waals surface area contributed by atoms with E-state index in [0.29, 0.717) is 17.6 Å². The lowest BCUT2D eigenvalue weighted by atomic mass is 9.78. The summed E-state index contributed by atoms with van der Waals surface area (Å²) in [6.07, 6.45) is 2.47. The maximum absolute atomic E-state index is 12.5. The van der Waals surface area contributed by atoms with Gasteiger partial charge < -0.3 is 15.0 Å². The molecule has 0 aromatic heterocycles. The number of para-hydroxylation sites is 1. The number of carbonyl (C=O) groups is 3. The number of thioether (sulfide) groups is 1. The third kappa shape index (κ3) is 5.32. The molecule has 0 saturated heterocycles. The molecule has 0 unspecified atom stereocenters. The largest absolute Gasteiger partial charge is 0.452 e. The van der Waals surface area contributed by atoms with E-state index in [-0.39, 0.29) is 30.8 Å². The monoisotopic (exact) mass is 418 g/mol. The Morgan fingerprint density at radius 2 is 2.03 bits per heavy atom. The van der Waals surface area contributed by atoms with Crippen molar-refractivity contribution in [2.24, 2.45) is 11.8 Å². The van der Waals surface area contributed by atoms with E-state index in [1.165, 1.54) is 18.2 Å². The van der Waals surface area contributed by atoms with Crippen LogP contribution in [-0.4, -0.2) is 42.2 Å². The molecule has 1 aliphatic heterocycles. The molecule has 1 fully saturated rings. The Balaban J connectivity index is 1.49. The Hall–Kier alpha value is -2.02. The van der Waals surface area contributed by atoms with Gasteiger partial charge in [-0.1, -0.05) is 38.8 Å². The third-order valence-electron chi connectivity index (χ3n) is 6.06. The Morgan fingerprint density at radius 3 is 2.83 bits per heavy atom. The molecule has 7 heteroatoms. The maximum Gasteiger partial charge on any atom is 0.308 e. The average Bonchev–Trinajstić information content (AvgIpc) is 2.70. The summed E-state index contributed by atoms with van der Waals surface area (Å²) in [7, 11) is 0. The number of hydrogen-bond donors (Lipinski definition) is 1. The van der Waals surface area contributed by atoms with Crippen LogP contribution in [0.4, 0.5) is 5.69 Å². The SMILES string of the molecule is C[C@@H]1[C@H](C)CCC[C@H]1NC(=O)[C@@H](C)OC(=O)CCN1C(=O)CSc2ccccc21. The summed E-state index contributed by atoms with van der Waals surface area (Å²) in [6, 6.07) is 7.79. The van der Waals surface area contributed by atoms with E-state index < -0.39 is 12.1 Å². The Labute approximate surface area is 176 Å². The lowest BCUT2D eigenvalue weighted by Gasteiger charge is -2.35. The molecule has 6 nitrogen and oxygen atoms in total. The first-order valence-electron chi connectivity index (χ1n) is 10.4. The fourth-order valence-electron chi connectivity index (χ4n) is 4.00. The number of rotatable bonds is 6. The van der Waals surface area contributed by atoms with Gasteiger partial charge in [-0.05, 0) is 37.3 Å². The van der Waals surface area contributed by atoms with Crippen LogP contribution in [0.5, 0.6) is 0 Å². The summed E-state index contributed by atoms with van der Waals surface area (Å²) in [6.45, 7) is 6.23. The van der Waals surface area contributed by atoms with Gasteiger partial charge in [0.05, 0.1) is 17.9 Å². The van der Waals surface area contributed by atoms with E-state index in [4.69, 9.17) is 4.74 Å². The van der Waals surface area contributed by atoms with Crippen molar-refractivity contribution in [1.82, 2.24) is 5.32 Å². The molecule has 1 saturated carbocycles. The first-order valence-corrected chi connectivity index (χ1v) is 11.4. The van der Waals surface area contributed by atoms with Gasteiger partial charge in [0.2, 0.25) is 5.91 Å². The number of benzene rings is 1. The van der Waals surface area contributed by atoms with Crippen LogP contribution in [0, 0.1) is 11.8 Å². The van der Waals surface area contributed by atoms with Crippen molar-refractivity contribution in [2.45, 2.75) is 63.5 Å². The Kier molecular flexibility index (Phi) is 7.22. The van der Waals surface area contributed by atoms with Crippen LogP contribution in [0.15, 0.2) is 29.2 Å². The van der Waals surface area contributed by atoms with Crippen molar-refractivity contribution in [1.29, 1.82) is 0 Å². The molecule has 2 amide bonds. The molecule has 3 rings (SSSR count). The molecule has 158 valence electrons. The number of hydrogen-bond acceptors (Lipinski definition) is 5. The number of nitrogens with one attached hydrogen (secondary N) is 1. The van der Waals surface area contributed by atoms with E-state index in [1.54, 1.807) is 11.8 Å². The smallest absolute Gasteiger partial charge is 0.308 e. The molecule has 29 heavy (non-hydrogen) atoms. The van der Waals surface area contributed by atoms with Gasteiger partial charge in [0.1, 0.15) is 0 Å². The second kappa shape index (κ2) is 9.65. The fraction of sp³-hybridized carbons (Fsp3) is 0.591. The highest BCUT2D eigenvalue weighted by Gasteiger charge is 2.30. The van der Waals surface area contributed by atoms with E-state index in [0.717, 1.165) is 23.4 Å². The fourth-order valence-corrected chi connectivity index (χ4v) is 4.93. The Morgan fingerprint density at radius 1 is 1.28 bits per heavy atom. The van der Waals surface area contributed by atoms with Gasteiger partial charge in [0.25, 0.3) is 5.91 Å². The van der Waals surface area contributed by atoms with E-state index >= 15 is 0 Å². The number of esters is 1. The van der Waals surface area contributed by atoms with Crippen molar-refractivity contribution in [3.8, 4) is 0 Å². The topological polar surface area (TPSA) is 75.7 Å². The minimum atomic E-state index is -0.841. The van der Waals surface area contributed by atoms with Gasteiger partial charge in [0.15, 0.2) is 6.10 Å². The number of ether oxygens (including phenoxy) is 1. The molecule has 0 radical (unpaired) electrons. The Bertz CT molecular complexity index is 769. The van der Waals surface area contributed by atoms with Gasteiger partial charge >= 0.3 is 5.97 Å². The van der Waals surface area contributed by atoms with Crippen molar-refractivity contribution >= 4 is 35.2 Å². The zero-order valence-corrected chi connectivity index (χ0v) is 18.2. The van der Waals surface area contributed by atoms with E-state index in [9.17, 15) is 14.4 Å². The lowest BCUT2D eigenvalue weighted by molar-refractivity contribution is -0.155. The highest BCUT2D eigenvalue weighted by atomic mass is 32.2. The number of nitrogens with zero attached hydrogens (tertiary/aromatic N) is 1. The summed E-state index contributed by atoms with van der Waals surface area (Å²) >= 11 is 1.51. The van der Waals surface area contributed by atoms with E-state index in [2.05, 4.69) is 19.2 Å². The summed E-state index contributed by atoms with van der Waals surface area (Å²) in [5.41, 5.74) is 0.827. The molecule has 2 aliphatic rings. The molecule has 1 aliphatic carbocycles. The van der Waals surface area contributed by atoms with Gasteiger partial charge in [-0.25, -0.2) is 0 Å². The minimum absolute atomic E-state index is 0.0207. The van der Waals surface area contributed by atoms with Crippen LogP contribution >= 0.6 is 11.8 Å². The molecule has 1 heterocycles. The van der Waals surface area contributed by atoms with Crippen LogP contribution in [-0.2, 0) is 19.1 Å². The van der Waals surface area contributed by atoms with E-state index in [1.807, 2.05) is 24.3 Å². The summed E-state index contributed by atoms with van der Waals surface area (Å²) in [5, 5.41) is 3.05. The second-order valence-electron chi connectivity index (χ2n) is 8.07. The molecule has 1 aromatic rings. The van der Waals surface area contributed by atoms with Crippen molar-refractivity contribution in [2.75, 3.05) is 17.2 Å². The number of amides is 2. The number of carbonyl (C=O) groups excluding carboxylic acids is 3. The zero-order chi connectivity index (χ0) is 21.0. The van der Waals surface area contributed by atoms with Gasteiger partial charge in [-0.3, -0.25) is 14.4 Å². The average molecular weight is 419 g/mol. The number of fused-ring (bicyclic) bond motifs is 1. The normalized spacial score (nSPS) is 25.1. The second-order valence-corrected chi connectivity index (χ2v) is 9.08. The van der Waals surface area contributed by atoms with Crippen LogP contribution in [0.1, 0.15) is 46.5 Å². The van der Waals surface area contributed by atoms with Crippen LogP contribution in [0.2, 0.25) is 0 Å². The van der Waals surface area contributed by atoms with Crippen molar-refractivity contribution in [3.63, 3.8) is 0 Å². The summed E-state index contributed by atoms with van der Waals surface area (Å²) in [4.78, 5) is 39.7. The standard InChI is InChI=1S/C22H30N2O4S/c1-14-7-6-8-17(15(14)2)23-22(27)16(3)28-21(26)11-12-24-18-9-4-5-10-19(18)29-13-20(24)25/h4-5,9-10,14-17H,6-8,11-13H2,1-3H3,(H,23,27)/t14-,15-,16-,17-/m1/s1. The maximum atomic E-state index is 12.5. The predicted octanol–water partition coefficient (Wildman–Crippen LogP) is 3.39. The first kappa shape index (κ1) is 21.7. The van der Waals surface area contributed by atoms with Crippen LogP contribution in [0.25, 0.3) is 0 Å². The summed E-state index contributed by atoms with van der Waals surface area (Å²) in [5.74, 6) is 0.616. The first-order chi connectivity index (χ1) is 13.9. The van der Waals surface area contributed by atoms with Gasteiger partial charge in [-0.2, -0.15) is 0 Å². The van der Waals surface area contributed by atoms with Crippen molar-refractivity contribution in [3.05, 3.63) is 24.3 Å².